The number of nitrogens with one attached hydrogen (secondary N) is 1. The van der Waals surface area contributed by atoms with Crippen LogP contribution in [-0.4, -0.2) is 13.1 Å². The summed E-state index contributed by atoms with van der Waals surface area (Å²) < 4.78 is 13.2. The van der Waals surface area contributed by atoms with E-state index in [9.17, 15) is 4.39 Å². The number of allylic oxidation sites excluding steroid dienone is 2. The minimum atomic E-state index is -0.272. The quantitative estimate of drug-likeness (QED) is 0.626. The summed E-state index contributed by atoms with van der Waals surface area (Å²) in [5.74, 6) is -0.272. The second-order valence-corrected chi connectivity index (χ2v) is 5.37. The minimum Gasteiger partial charge on any atom is -0.316 e. The average Bonchev–Trinajstić information content (AvgIpc) is 2.79. The maximum absolute atomic E-state index is 13.2. The molecule has 0 unspecified atom stereocenters. The van der Waals surface area contributed by atoms with Crippen LogP contribution >= 0.6 is 11.6 Å². The first-order valence-electron chi connectivity index (χ1n) is 6.49. The van der Waals surface area contributed by atoms with Gasteiger partial charge in [-0.2, -0.15) is 0 Å². The van der Waals surface area contributed by atoms with Gasteiger partial charge in [0.15, 0.2) is 0 Å². The molecule has 1 nitrogen and oxygen atoms in total. The van der Waals surface area contributed by atoms with Crippen molar-refractivity contribution >= 4 is 11.6 Å². The molecule has 0 aromatic heterocycles. The van der Waals surface area contributed by atoms with Crippen molar-refractivity contribution in [1.82, 2.24) is 5.32 Å². The van der Waals surface area contributed by atoms with Gasteiger partial charge in [-0.25, -0.2) is 4.39 Å². The average molecular weight is 268 g/mol. The molecule has 0 radical (unpaired) electrons. The Kier molecular flexibility index (Phi) is 4.41. The van der Waals surface area contributed by atoms with Crippen LogP contribution in [0.1, 0.15) is 31.7 Å². The third-order valence-electron chi connectivity index (χ3n) is 3.58. The lowest BCUT2D eigenvalue weighted by Crippen LogP contribution is -2.36. The van der Waals surface area contributed by atoms with Crippen LogP contribution in [0.2, 0.25) is 5.02 Å². The van der Waals surface area contributed by atoms with E-state index in [1.54, 1.807) is 0 Å². The van der Waals surface area contributed by atoms with Crippen molar-refractivity contribution in [2.45, 2.75) is 31.6 Å². The molecule has 0 bridgehead atoms. The molecule has 0 spiro atoms. The Balaban J connectivity index is 2.23. The van der Waals surface area contributed by atoms with E-state index in [1.165, 1.54) is 12.1 Å². The highest BCUT2D eigenvalue weighted by Crippen LogP contribution is 2.40. The number of hydrogen-bond donors (Lipinski definition) is 1. The van der Waals surface area contributed by atoms with Crippen LogP contribution in [-0.2, 0) is 5.41 Å². The van der Waals surface area contributed by atoms with Crippen molar-refractivity contribution in [2.24, 2.45) is 0 Å². The van der Waals surface area contributed by atoms with Crippen LogP contribution in [0.5, 0.6) is 0 Å². The van der Waals surface area contributed by atoms with E-state index in [0.29, 0.717) is 5.02 Å². The highest BCUT2D eigenvalue weighted by Gasteiger charge is 2.34. The molecule has 1 aromatic carbocycles. The van der Waals surface area contributed by atoms with E-state index in [-0.39, 0.29) is 11.2 Å². The highest BCUT2D eigenvalue weighted by molar-refractivity contribution is 6.31. The predicted octanol–water partition coefficient (Wildman–Crippen LogP) is 4.07. The molecule has 1 aliphatic rings. The van der Waals surface area contributed by atoms with Crippen LogP contribution in [0.3, 0.4) is 0 Å². The van der Waals surface area contributed by atoms with Crippen LogP contribution in [0.4, 0.5) is 4.39 Å². The zero-order valence-corrected chi connectivity index (χ0v) is 11.4. The van der Waals surface area contributed by atoms with Gasteiger partial charge in [0.2, 0.25) is 0 Å². The lowest BCUT2D eigenvalue weighted by molar-refractivity contribution is 0.418. The maximum Gasteiger partial charge on any atom is 0.124 e. The summed E-state index contributed by atoms with van der Waals surface area (Å²) in [7, 11) is 0. The lowest BCUT2D eigenvalue weighted by Gasteiger charge is -2.31. The molecule has 3 heteroatoms. The molecule has 1 aliphatic carbocycles. The standard InChI is InChI=1S/C15H19ClFN/c1-2-9-18-11-15(7-3-4-8-15)13-6-5-12(17)10-14(13)16/h3-6,10,18H,2,7-9,11H2,1H3. The SMILES string of the molecule is CCCNCC1(c2ccc(F)cc2Cl)CC=CC1. The Morgan fingerprint density at radius 3 is 2.67 bits per heavy atom. The van der Waals surface area contributed by atoms with Crippen LogP contribution in [0, 0.1) is 5.82 Å². The van der Waals surface area contributed by atoms with Gasteiger partial charge >= 0.3 is 0 Å². The smallest absolute Gasteiger partial charge is 0.124 e. The lowest BCUT2D eigenvalue weighted by atomic mass is 9.78. The molecule has 0 fully saturated rings. The molecular formula is C15H19ClFN. The predicted molar refractivity (Wildman–Crippen MR) is 74.6 cm³/mol. The minimum absolute atomic E-state index is 0.0000463. The fraction of sp³-hybridized carbons (Fsp3) is 0.467. The third kappa shape index (κ3) is 2.76. The van der Waals surface area contributed by atoms with E-state index >= 15 is 0 Å². The van der Waals surface area contributed by atoms with E-state index < -0.39 is 0 Å². The summed E-state index contributed by atoms with van der Waals surface area (Å²) in [5.41, 5.74) is 1.05. The topological polar surface area (TPSA) is 12.0 Å². The largest absolute Gasteiger partial charge is 0.316 e. The zero-order chi connectivity index (χ0) is 13.0. The molecule has 0 atom stereocenters. The second-order valence-electron chi connectivity index (χ2n) is 4.96. The summed E-state index contributed by atoms with van der Waals surface area (Å²) >= 11 is 6.22. The molecule has 1 N–H and O–H groups in total. The number of hydrogen-bond acceptors (Lipinski definition) is 1. The van der Waals surface area contributed by atoms with Gasteiger partial charge in [-0.05, 0) is 43.5 Å². The summed E-state index contributed by atoms with van der Waals surface area (Å²) in [6, 6.07) is 4.75. The molecule has 0 aliphatic heterocycles. The second kappa shape index (κ2) is 5.85. The van der Waals surface area contributed by atoms with Crippen molar-refractivity contribution in [1.29, 1.82) is 0 Å². The molecule has 18 heavy (non-hydrogen) atoms. The molecule has 0 heterocycles. The number of halogens is 2. The van der Waals surface area contributed by atoms with Gasteiger partial charge in [-0.1, -0.05) is 36.7 Å². The molecule has 0 saturated heterocycles. The molecular weight excluding hydrogens is 249 g/mol. The number of rotatable bonds is 5. The summed E-state index contributed by atoms with van der Waals surface area (Å²) in [6.45, 7) is 4.04. The van der Waals surface area contributed by atoms with Crippen molar-refractivity contribution < 1.29 is 4.39 Å². The van der Waals surface area contributed by atoms with Gasteiger partial charge in [0.05, 0.1) is 0 Å². The van der Waals surface area contributed by atoms with Gasteiger partial charge in [0.1, 0.15) is 5.82 Å². The fourth-order valence-electron chi connectivity index (χ4n) is 2.58. The molecule has 2 rings (SSSR count). The van der Waals surface area contributed by atoms with Crippen LogP contribution in [0.15, 0.2) is 30.4 Å². The van der Waals surface area contributed by atoms with Crippen molar-refractivity contribution in [2.75, 3.05) is 13.1 Å². The first-order valence-corrected chi connectivity index (χ1v) is 6.87. The first kappa shape index (κ1) is 13.6. The fourth-order valence-corrected chi connectivity index (χ4v) is 2.95. The van der Waals surface area contributed by atoms with Crippen molar-refractivity contribution in [3.8, 4) is 0 Å². The highest BCUT2D eigenvalue weighted by atomic mass is 35.5. The molecule has 98 valence electrons. The van der Waals surface area contributed by atoms with E-state index in [1.807, 2.05) is 6.07 Å². The Morgan fingerprint density at radius 2 is 2.06 bits per heavy atom. The Labute approximate surface area is 113 Å². The normalized spacial score (nSPS) is 17.3. The Bertz CT molecular complexity index is 434. The van der Waals surface area contributed by atoms with E-state index in [4.69, 9.17) is 11.6 Å². The van der Waals surface area contributed by atoms with Crippen molar-refractivity contribution in [3.05, 3.63) is 46.8 Å². The maximum atomic E-state index is 13.2. The first-order chi connectivity index (χ1) is 8.68. The zero-order valence-electron chi connectivity index (χ0n) is 10.7. The van der Waals surface area contributed by atoms with E-state index in [0.717, 1.165) is 37.9 Å². The molecule has 1 aromatic rings. The molecule has 0 saturated carbocycles. The van der Waals surface area contributed by atoms with Gasteiger partial charge in [0, 0.05) is 17.0 Å². The van der Waals surface area contributed by atoms with Crippen molar-refractivity contribution in [3.63, 3.8) is 0 Å². The van der Waals surface area contributed by atoms with Gasteiger partial charge < -0.3 is 5.32 Å². The monoisotopic (exact) mass is 267 g/mol. The number of benzene rings is 1. The summed E-state index contributed by atoms with van der Waals surface area (Å²) in [5, 5.41) is 4.00. The van der Waals surface area contributed by atoms with Gasteiger partial charge in [0.25, 0.3) is 0 Å². The Hall–Kier alpha value is -0.860. The van der Waals surface area contributed by atoms with Gasteiger partial charge in [-0.15, -0.1) is 0 Å². The van der Waals surface area contributed by atoms with Crippen LogP contribution < -0.4 is 5.32 Å². The Morgan fingerprint density at radius 1 is 1.33 bits per heavy atom. The van der Waals surface area contributed by atoms with Gasteiger partial charge in [-0.3, -0.25) is 0 Å². The van der Waals surface area contributed by atoms with E-state index in [2.05, 4.69) is 24.4 Å². The summed E-state index contributed by atoms with van der Waals surface area (Å²) in [6.07, 6.45) is 7.42. The molecule has 0 amide bonds. The summed E-state index contributed by atoms with van der Waals surface area (Å²) in [4.78, 5) is 0. The third-order valence-corrected chi connectivity index (χ3v) is 3.89. The van der Waals surface area contributed by atoms with Crippen LogP contribution in [0.25, 0.3) is 0 Å².